The van der Waals surface area contributed by atoms with Gasteiger partial charge in [-0.3, -0.25) is 4.79 Å². The number of carbonyl (C=O) groups is 2. The Balaban J connectivity index is 1.51. The first-order valence-electron chi connectivity index (χ1n) is 8.72. The average molecular weight is 367 g/mol. The van der Waals surface area contributed by atoms with E-state index in [-0.39, 0.29) is 12.5 Å². The van der Waals surface area contributed by atoms with Gasteiger partial charge < -0.3 is 19.5 Å². The SMILES string of the molecule is Cc1ccccc1NC(=O)COC(=O)/C=C/c1ccc2c(c1)OCCCO2. The molecule has 0 saturated heterocycles. The largest absolute Gasteiger partial charge is 0.490 e. The third-order valence-electron chi connectivity index (χ3n) is 3.95. The first-order chi connectivity index (χ1) is 13.1. The maximum Gasteiger partial charge on any atom is 0.331 e. The van der Waals surface area contributed by atoms with Gasteiger partial charge in [0, 0.05) is 18.2 Å². The van der Waals surface area contributed by atoms with Crippen LogP contribution in [-0.4, -0.2) is 31.7 Å². The summed E-state index contributed by atoms with van der Waals surface area (Å²) < 4.78 is 16.2. The van der Waals surface area contributed by atoms with Crippen molar-refractivity contribution < 1.29 is 23.8 Å². The fourth-order valence-corrected chi connectivity index (χ4v) is 2.53. The number of esters is 1. The summed E-state index contributed by atoms with van der Waals surface area (Å²) in [6, 6.07) is 12.8. The molecule has 1 N–H and O–H groups in total. The summed E-state index contributed by atoms with van der Waals surface area (Å²) in [6.07, 6.45) is 3.72. The zero-order chi connectivity index (χ0) is 19.1. The molecule has 6 heteroatoms. The number of hydrogen-bond donors (Lipinski definition) is 1. The summed E-state index contributed by atoms with van der Waals surface area (Å²) in [4.78, 5) is 23.7. The van der Waals surface area contributed by atoms with Gasteiger partial charge in [0.1, 0.15) is 0 Å². The zero-order valence-corrected chi connectivity index (χ0v) is 15.1. The Morgan fingerprint density at radius 1 is 1.11 bits per heavy atom. The highest BCUT2D eigenvalue weighted by atomic mass is 16.5. The van der Waals surface area contributed by atoms with Crippen molar-refractivity contribution >= 4 is 23.6 Å². The van der Waals surface area contributed by atoms with Crippen LogP contribution in [0.25, 0.3) is 6.08 Å². The highest BCUT2D eigenvalue weighted by Crippen LogP contribution is 2.30. The molecule has 27 heavy (non-hydrogen) atoms. The van der Waals surface area contributed by atoms with E-state index in [1.807, 2.05) is 31.2 Å². The maximum absolute atomic E-state index is 11.9. The zero-order valence-electron chi connectivity index (χ0n) is 15.1. The topological polar surface area (TPSA) is 73.9 Å². The molecule has 6 nitrogen and oxygen atoms in total. The van der Waals surface area contributed by atoms with Gasteiger partial charge >= 0.3 is 5.97 Å². The van der Waals surface area contributed by atoms with E-state index >= 15 is 0 Å². The number of para-hydroxylation sites is 1. The number of aryl methyl sites for hydroxylation is 1. The lowest BCUT2D eigenvalue weighted by atomic mass is 10.2. The van der Waals surface area contributed by atoms with Crippen molar-refractivity contribution in [2.75, 3.05) is 25.1 Å². The fourth-order valence-electron chi connectivity index (χ4n) is 2.53. The Labute approximate surface area is 157 Å². The number of rotatable bonds is 5. The predicted octanol–water partition coefficient (Wildman–Crippen LogP) is 3.35. The van der Waals surface area contributed by atoms with Crippen molar-refractivity contribution in [1.29, 1.82) is 0 Å². The molecule has 0 radical (unpaired) electrons. The molecule has 0 unspecified atom stereocenters. The van der Waals surface area contributed by atoms with Crippen LogP contribution in [0.3, 0.4) is 0 Å². The second kappa shape index (κ2) is 8.89. The smallest absolute Gasteiger partial charge is 0.331 e. The van der Waals surface area contributed by atoms with Crippen molar-refractivity contribution in [3.05, 3.63) is 59.7 Å². The van der Waals surface area contributed by atoms with E-state index in [0.29, 0.717) is 30.4 Å². The van der Waals surface area contributed by atoms with Crippen LogP contribution >= 0.6 is 0 Å². The van der Waals surface area contributed by atoms with Crippen LogP contribution in [0.15, 0.2) is 48.5 Å². The molecule has 3 rings (SSSR count). The molecule has 1 aliphatic rings. The molecule has 2 aromatic rings. The van der Waals surface area contributed by atoms with Gasteiger partial charge in [-0.25, -0.2) is 4.79 Å². The second-order valence-electron chi connectivity index (χ2n) is 6.06. The summed E-state index contributed by atoms with van der Waals surface area (Å²) in [5, 5.41) is 2.71. The lowest BCUT2D eigenvalue weighted by molar-refractivity contribution is -0.142. The Bertz CT molecular complexity index is 859. The van der Waals surface area contributed by atoms with E-state index in [2.05, 4.69) is 5.32 Å². The molecular formula is C21H21NO5. The van der Waals surface area contributed by atoms with E-state index in [0.717, 1.165) is 17.5 Å². The summed E-state index contributed by atoms with van der Waals surface area (Å²) in [7, 11) is 0. The standard InChI is InChI=1S/C21H21NO5/c1-15-5-2-3-6-17(15)22-20(23)14-27-21(24)10-8-16-7-9-18-19(13-16)26-12-4-11-25-18/h2-3,5-10,13H,4,11-12,14H2,1H3,(H,22,23)/b10-8+. The van der Waals surface area contributed by atoms with Gasteiger partial charge in [-0.2, -0.15) is 0 Å². The number of hydrogen-bond acceptors (Lipinski definition) is 5. The first-order valence-corrected chi connectivity index (χ1v) is 8.72. The minimum atomic E-state index is -0.595. The Morgan fingerprint density at radius 3 is 2.70 bits per heavy atom. The van der Waals surface area contributed by atoms with Gasteiger partial charge in [-0.1, -0.05) is 24.3 Å². The van der Waals surface area contributed by atoms with Crippen LogP contribution < -0.4 is 14.8 Å². The minimum absolute atomic E-state index is 0.349. The number of benzene rings is 2. The van der Waals surface area contributed by atoms with Crippen LogP contribution in [0.1, 0.15) is 17.5 Å². The molecule has 0 bridgehead atoms. The molecule has 140 valence electrons. The molecule has 0 aromatic heterocycles. The minimum Gasteiger partial charge on any atom is -0.490 e. The molecule has 1 aliphatic heterocycles. The van der Waals surface area contributed by atoms with Crippen LogP contribution in [0.2, 0.25) is 0 Å². The number of anilines is 1. The molecule has 1 heterocycles. The fraction of sp³-hybridized carbons (Fsp3) is 0.238. The van der Waals surface area contributed by atoms with Crippen molar-refractivity contribution in [3.8, 4) is 11.5 Å². The van der Waals surface area contributed by atoms with Gasteiger partial charge in [-0.15, -0.1) is 0 Å². The van der Waals surface area contributed by atoms with Crippen molar-refractivity contribution in [1.82, 2.24) is 0 Å². The Morgan fingerprint density at radius 2 is 1.89 bits per heavy atom. The van der Waals surface area contributed by atoms with E-state index in [9.17, 15) is 9.59 Å². The van der Waals surface area contributed by atoms with Gasteiger partial charge in [0.25, 0.3) is 5.91 Å². The third kappa shape index (κ3) is 5.34. The lowest BCUT2D eigenvalue weighted by Gasteiger charge is -2.08. The average Bonchev–Trinajstić information content (AvgIpc) is 2.91. The Hall–Kier alpha value is -3.28. The molecule has 0 fully saturated rings. The van der Waals surface area contributed by atoms with Crippen LogP contribution in [0.4, 0.5) is 5.69 Å². The number of nitrogens with one attached hydrogen (secondary N) is 1. The second-order valence-corrected chi connectivity index (χ2v) is 6.06. The quantitative estimate of drug-likeness (QED) is 0.648. The van der Waals surface area contributed by atoms with E-state index in [1.165, 1.54) is 6.08 Å². The van der Waals surface area contributed by atoms with Gasteiger partial charge in [-0.05, 0) is 42.3 Å². The lowest BCUT2D eigenvalue weighted by Crippen LogP contribution is -2.20. The predicted molar refractivity (Wildman–Crippen MR) is 102 cm³/mol. The number of carbonyl (C=O) groups excluding carboxylic acids is 2. The summed E-state index contributed by atoms with van der Waals surface area (Å²) in [5.41, 5.74) is 2.41. The van der Waals surface area contributed by atoms with Gasteiger partial charge in [0.2, 0.25) is 0 Å². The molecule has 2 aromatic carbocycles. The highest BCUT2D eigenvalue weighted by molar-refractivity contribution is 5.95. The number of amides is 1. The third-order valence-corrected chi connectivity index (χ3v) is 3.95. The van der Waals surface area contributed by atoms with Crippen LogP contribution in [0.5, 0.6) is 11.5 Å². The molecule has 0 spiro atoms. The van der Waals surface area contributed by atoms with Crippen molar-refractivity contribution in [2.24, 2.45) is 0 Å². The highest BCUT2D eigenvalue weighted by Gasteiger charge is 2.10. The van der Waals surface area contributed by atoms with Gasteiger partial charge in [0.15, 0.2) is 18.1 Å². The van der Waals surface area contributed by atoms with Crippen molar-refractivity contribution in [3.63, 3.8) is 0 Å². The number of ether oxygens (including phenoxy) is 3. The monoisotopic (exact) mass is 367 g/mol. The van der Waals surface area contributed by atoms with Gasteiger partial charge in [0.05, 0.1) is 13.2 Å². The van der Waals surface area contributed by atoms with Crippen LogP contribution in [-0.2, 0) is 14.3 Å². The summed E-state index contributed by atoms with van der Waals surface area (Å²) >= 11 is 0. The summed E-state index contributed by atoms with van der Waals surface area (Å²) in [6.45, 7) is 2.76. The first kappa shape index (κ1) is 18.5. The van der Waals surface area contributed by atoms with E-state index in [4.69, 9.17) is 14.2 Å². The maximum atomic E-state index is 11.9. The molecular weight excluding hydrogens is 346 g/mol. The summed E-state index contributed by atoms with van der Waals surface area (Å²) in [5.74, 6) is 0.365. The molecule has 0 aliphatic carbocycles. The molecule has 0 atom stereocenters. The number of fused-ring (bicyclic) bond motifs is 1. The Kier molecular flexibility index (Phi) is 6.10. The van der Waals surface area contributed by atoms with E-state index < -0.39 is 5.97 Å². The molecule has 0 saturated carbocycles. The van der Waals surface area contributed by atoms with E-state index in [1.54, 1.807) is 24.3 Å². The molecule has 1 amide bonds. The van der Waals surface area contributed by atoms with Crippen molar-refractivity contribution in [2.45, 2.75) is 13.3 Å². The van der Waals surface area contributed by atoms with Crippen LogP contribution in [0, 0.1) is 6.92 Å². The normalized spacial score (nSPS) is 13.1.